The van der Waals surface area contributed by atoms with Crippen LogP contribution in [0.3, 0.4) is 0 Å². The lowest BCUT2D eigenvalue weighted by Crippen LogP contribution is -2.05. The summed E-state index contributed by atoms with van der Waals surface area (Å²) in [5, 5.41) is 6.07. The first-order valence-electron chi connectivity index (χ1n) is 6.37. The third-order valence-electron chi connectivity index (χ3n) is 2.59. The van der Waals surface area contributed by atoms with Crippen molar-refractivity contribution in [3.8, 4) is 0 Å². The zero-order valence-electron chi connectivity index (χ0n) is 11.4. The summed E-state index contributed by atoms with van der Waals surface area (Å²) < 4.78 is 4.60. The Morgan fingerprint density at radius 2 is 2.28 bits per heavy atom. The van der Waals surface area contributed by atoms with Crippen molar-refractivity contribution < 1.29 is 9.53 Å². The summed E-state index contributed by atoms with van der Waals surface area (Å²) in [6, 6.07) is 0. The summed E-state index contributed by atoms with van der Waals surface area (Å²) >= 11 is 1.54. The fraction of sp³-hybridized carbons (Fsp3) is 0.692. The predicted octanol–water partition coefficient (Wildman–Crippen LogP) is 3.10. The van der Waals surface area contributed by atoms with E-state index in [1.807, 2.05) is 5.38 Å². The largest absolute Gasteiger partial charge is 0.469 e. The summed E-state index contributed by atoms with van der Waals surface area (Å²) in [6.45, 7) is 5.43. The van der Waals surface area contributed by atoms with Crippen LogP contribution in [0, 0.1) is 5.92 Å². The Balaban J connectivity index is 2.21. The molecule has 0 spiro atoms. The molecule has 0 radical (unpaired) electrons. The monoisotopic (exact) mass is 270 g/mol. The highest BCUT2D eigenvalue weighted by Gasteiger charge is 2.07. The minimum absolute atomic E-state index is 0.246. The number of rotatable bonds is 8. The lowest BCUT2D eigenvalue weighted by atomic mass is 10.1. The summed E-state index contributed by atoms with van der Waals surface area (Å²) in [5.74, 6) is 0.528. The van der Waals surface area contributed by atoms with Crippen LogP contribution in [0.1, 0.15) is 38.8 Å². The van der Waals surface area contributed by atoms with Crippen molar-refractivity contribution in [2.75, 3.05) is 19.0 Å². The number of anilines is 1. The fourth-order valence-corrected chi connectivity index (χ4v) is 2.30. The van der Waals surface area contributed by atoms with Gasteiger partial charge in [-0.1, -0.05) is 26.7 Å². The average molecular weight is 270 g/mol. The van der Waals surface area contributed by atoms with Crippen molar-refractivity contribution in [2.45, 2.75) is 39.5 Å². The number of ether oxygens (including phenoxy) is 1. The second kappa shape index (κ2) is 8.08. The topological polar surface area (TPSA) is 51.2 Å². The molecule has 0 atom stereocenters. The molecule has 1 N–H and O–H groups in total. The van der Waals surface area contributed by atoms with Gasteiger partial charge in [0.15, 0.2) is 5.13 Å². The van der Waals surface area contributed by atoms with Gasteiger partial charge < -0.3 is 10.1 Å². The van der Waals surface area contributed by atoms with Gasteiger partial charge in [-0.05, 0) is 12.3 Å². The molecule has 0 aliphatic rings. The van der Waals surface area contributed by atoms with Crippen LogP contribution in [0.2, 0.25) is 0 Å². The second-order valence-corrected chi connectivity index (χ2v) is 5.57. The van der Waals surface area contributed by atoms with Crippen molar-refractivity contribution in [2.24, 2.45) is 5.92 Å². The van der Waals surface area contributed by atoms with Gasteiger partial charge in [0.1, 0.15) is 0 Å². The summed E-state index contributed by atoms with van der Waals surface area (Å²) in [4.78, 5) is 15.4. The SMILES string of the molecule is COC(=O)Cc1csc(NCCCCC(C)C)n1. The molecule has 1 heterocycles. The first kappa shape index (κ1) is 15.0. The first-order valence-corrected chi connectivity index (χ1v) is 7.25. The third kappa shape index (κ3) is 6.00. The van der Waals surface area contributed by atoms with Gasteiger partial charge in [0.2, 0.25) is 0 Å². The van der Waals surface area contributed by atoms with Crippen molar-refractivity contribution in [3.05, 3.63) is 11.1 Å². The van der Waals surface area contributed by atoms with E-state index >= 15 is 0 Å². The molecule has 0 saturated carbocycles. The molecular formula is C13H22N2O2S. The number of methoxy groups -OCH3 is 1. The number of hydrogen-bond acceptors (Lipinski definition) is 5. The van der Waals surface area contributed by atoms with Gasteiger partial charge in [0, 0.05) is 11.9 Å². The molecule has 5 heteroatoms. The first-order chi connectivity index (χ1) is 8.61. The standard InChI is InChI=1S/C13H22N2O2S/c1-10(2)6-4-5-7-14-13-15-11(9-18-13)8-12(16)17-3/h9-10H,4-8H2,1-3H3,(H,14,15). The van der Waals surface area contributed by atoms with E-state index in [0.29, 0.717) is 0 Å². The summed E-state index contributed by atoms with van der Waals surface area (Å²) in [7, 11) is 1.39. The molecule has 0 saturated heterocycles. The molecule has 0 aliphatic carbocycles. The highest BCUT2D eigenvalue weighted by molar-refractivity contribution is 7.13. The maximum Gasteiger partial charge on any atom is 0.311 e. The van der Waals surface area contributed by atoms with E-state index in [1.165, 1.54) is 31.3 Å². The average Bonchev–Trinajstić information content (AvgIpc) is 2.75. The minimum atomic E-state index is -0.246. The smallest absolute Gasteiger partial charge is 0.311 e. The molecule has 0 unspecified atom stereocenters. The Bertz CT molecular complexity index is 364. The highest BCUT2D eigenvalue weighted by atomic mass is 32.1. The van der Waals surface area contributed by atoms with E-state index in [0.717, 1.165) is 29.7 Å². The maximum atomic E-state index is 11.1. The van der Waals surface area contributed by atoms with Gasteiger partial charge in [-0.15, -0.1) is 11.3 Å². The Hall–Kier alpha value is -1.10. The van der Waals surface area contributed by atoms with Crippen LogP contribution >= 0.6 is 11.3 Å². The number of esters is 1. The number of carbonyl (C=O) groups is 1. The van der Waals surface area contributed by atoms with Crippen LogP contribution in [0.15, 0.2) is 5.38 Å². The number of unbranched alkanes of at least 4 members (excludes halogenated alkanes) is 1. The van der Waals surface area contributed by atoms with E-state index in [-0.39, 0.29) is 12.4 Å². The van der Waals surface area contributed by atoms with E-state index in [9.17, 15) is 4.79 Å². The van der Waals surface area contributed by atoms with Crippen LogP contribution in [-0.4, -0.2) is 24.6 Å². The molecule has 1 aromatic heterocycles. The normalized spacial score (nSPS) is 10.7. The van der Waals surface area contributed by atoms with Gasteiger partial charge in [0.05, 0.1) is 19.2 Å². The lowest BCUT2D eigenvalue weighted by Gasteiger charge is -2.04. The zero-order chi connectivity index (χ0) is 13.4. The third-order valence-corrected chi connectivity index (χ3v) is 3.44. The fourth-order valence-electron chi connectivity index (χ4n) is 1.56. The van der Waals surface area contributed by atoms with Gasteiger partial charge in [0.25, 0.3) is 0 Å². The number of carbonyl (C=O) groups excluding carboxylic acids is 1. The van der Waals surface area contributed by atoms with E-state index in [4.69, 9.17) is 0 Å². The van der Waals surface area contributed by atoms with Crippen molar-refractivity contribution >= 4 is 22.4 Å². The molecule has 0 aromatic carbocycles. The number of aromatic nitrogens is 1. The molecule has 18 heavy (non-hydrogen) atoms. The van der Waals surface area contributed by atoms with Gasteiger partial charge >= 0.3 is 5.97 Å². The van der Waals surface area contributed by atoms with Crippen molar-refractivity contribution in [1.82, 2.24) is 4.98 Å². The Kier molecular flexibility index (Phi) is 6.72. The van der Waals surface area contributed by atoms with E-state index < -0.39 is 0 Å². The zero-order valence-corrected chi connectivity index (χ0v) is 12.2. The van der Waals surface area contributed by atoms with E-state index in [2.05, 4.69) is 28.9 Å². The molecule has 102 valence electrons. The van der Waals surface area contributed by atoms with Gasteiger partial charge in [-0.3, -0.25) is 4.79 Å². The molecule has 1 rings (SSSR count). The lowest BCUT2D eigenvalue weighted by molar-refractivity contribution is -0.139. The number of thiazole rings is 1. The molecule has 0 aliphatic heterocycles. The molecular weight excluding hydrogens is 248 g/mol. The number of nitrogens with one attached hydrogen (secondary N) is 1. The molecule has 0 bridgehead atoms. The summed E-state index contributed by atoms with van der Waals surface area (Å²) in [6.07, 6.45) is 3.92. The molecule has 0 fully saturated rings. The van der Waals surface area contributed by atoms with Crippen LogP contribution in [-0.2, 0) is 16.0 Å². The van der Waals surface area contributed by atoms with Crippen LogP contribution in [0.25, 0.3) is 0 Å². The van der Waals surface area contributed by atoms with Crippen molar-refractivity contribution in [1.29, 1.82) is 0 Å². The molecule has 0 amide bonds. The van der Waals surface area contributed by atoms with Crippen molar-refractivity contribution in [3.63, 3.8) is 0 Å². The quantitative estimate of drug-likeness (QED) is 0.582. The molecule has 1 aromatic rings. The van der Waals surface area contributed by atoms with Crippen LogP contribution in [0.5, 0.6) is 0 Å². The number of hydrogen-bond donors (Lipinski definition) is 1. The summed E-state index contributed by atoms with van der Waals surface area (Å²) in [5.41, 5.74) is 0.775. The van der Waals surface area contributed by atoms with E-state index in [1.54, 1.807) is 0 Å². The van der Waals surface area contributed by atoms with Crippen LogP contribution < -0.4 is 5.32 Å². The Morgan fingerprint density at radius 1 is 1.50 bits per heavy atom. The van der Waals surface area contributed by atoms with Gasteiger partial charge in [-0.25, -0.2) is 4.98 Å². The maximum absolute atomic E-state index is 11.1. The second-order valence-electron chi connectivity index (χ2n) is 4.71. The minimum Gasteiger partial charge on any atom is -0.469 e. The Morgan fingerprint density at radius 3 is 2.94 bits per heavy atom. The number of nitrogens with zero attached hydrogens (tertiary/aromatic N) is 1. The predicted molar refractivity (Wildman–Crippen MR) is 75.0 cm³/mol. The Labute approximate surface area is 113 Å². The van der Waals surface area contributed by atoms with Crippen LogP contribution in [0.4, 0.5) is 5.13 Å². The van der Waals surface area contributed by atoms with Gasteiger partial charge in [-0.2, -0.15) is 0 Å². The molecule has 4 nitrogen and oxygen atoms in total. The highest BCUT2D eigenvalue weighted by Crippen LogP contribution is 2.16.